The molecule has 4 bridgehead atoms. The van der Waals surface area contributed by atoms with Crippen LogP contribution in [0.3, 0.4) is 0 Å². The van der Waals surface area contributed by atoms with Crippen LogP contribution in [0.2, 0.25) is 0 Å². The summed E-state index contributed by atoms with van der Waals surface area (Å²) in [6.07, 6.45) is 3.97. The third kappa shape index (κ3) is 4.42. The molecule has 0 aromatic heterocycles. The lowest BCUT2D eigenvalue weighted by Crippen LogP contribution is -2.37. The average molecular weight is 417 g/mol. The van der Waals surface area contributed by atoms with Crippen molar-refractivity contribution in [2.24, 2.45) is 5.92 Å². The van der Waals surface area contributed by atoms with Gasteiger partial charge < -0.3 is 24.4 Å². The molecule has 1 aromatic rings. The average Bonchev–Trinajstić information content (AvgIpc) is 3.21. The van der Waals surface area contributed by atoms with Crippen molar-refractivity contribution >= 4 is 11.8 Å². The fourth-order valence-corrected chi connectivity index (χ4v) is 5.18. The first kappa shape index (κ1) is 20.1. The van der Waals surface area contributed by atoms with Crippen LogP contribution < -0.4 is 21.1 Å². The first-order chi connectivity index (χ1) is 14.8. The topological polar surface area (TPSA) is 84.1 Å². The molecule has 164 valence electrons. The molecule has 2 saturated heterocycles. The number of fused-ring (bicyclic) bond motifs is 4. The zero-order chi connectivity index (χ0) is 20.3. The van der Waals surface area contributed by atoms with Crippen LogP contribution in [0.4, 0.5) is 10.5 Å². The number of hydrazine groups is 1. The van der Waals surface area contributed by atoms with Gasteiger partial charge in [-0.05, 0) is 54.9 Å². The van der Waals surface area contributed by atoms with E-state index >= 15 is 0 Å². The molecule has 8 heteroatoms. The highest BCUT2D eigenvalue weighted by Crippen LogP contribution is 2.40. The van der Waals surface area contributed by atoms with Crippen molar-refractivity contribution in [1.82, 2.24) is 16.2 Å². The van der Waals surface area contributed by atoms with Crippen molar-refractivity contribution in [3.05, 3.63) is 29.3 Å². The zero-order valence-electron chi connectivity index (χ0n) is 17.4. The maximum Gasteiger partial charge on any atom is 0.407 e. The van der Waals surface area contributed by atoms with E-state index in [1.807, 2.05) is 0 Å². The molecule has 0 spiro atoms. The number of hydrogen-bond acceptors (Lipinski definition) is 7. The third-order valence-corrected chi connectivity index (χ3v) is 6.75. The van der Waals surface area contributed by atoms with Crippen molar-refractivity contribution in [2.75, 3.05) is 44.4 Å². The number of hydrogen-bond donors (Lipinski definition) is 3. The van der Waals surface area contributed by atoms with Crippen LogP contribution in [0.1, 0.15) is 42.9 Å². The lowest BCUT2D eigenvalue weighted by atomic mass is 9.78. The third-order valence-electron chi connectivity index (χ3n) is 6.75. The summed E-state index contributed by atoms with van der Waals surface area (Å²) in [5.41, 5.74) is 10.5. The lowest BCUT2D eigenvalue weighted by molar-refractivity contribution is 0.00716. The summed E-state index contributed by atoms with van der Waals surface area (Å²) >= 11 is 0. The Morgan fingerprint density at radius 2 is 1.93 bits per heavy atom. The number of carbonyl (C=O) groups excluding carboxylic acids is 1. The number of ether oxygens (including phenoxy) is 3. The number of nitrogens with zero attached hydrogens (tertiary/aromatic N) is 1. The highest BCUT2D eigenvalue weighted by molar-refractivity contribution is 5.67. The largest absolute Gasteiger partial charge is 0.445 e. The number of benzene rings is 1. The molecule has 3 aliphatic heterocycles. The van der Waals surface area contributed by atoms with Crippen LogP contribution in [0.15, 0.2) is 18.2 Å². The van der Waals surface area contributed by atoms with Crippen molar-refractivity contribution in [3.8, 4) is 0 Å². The Balaban J connectivity index is 1.46. The summed E-state index contributed by atoms with van der Waals surface area (Å²) < 4.78 is 17.2. The van der Waals surface area contributed by atoms with Gasteiger partial charge in [0.05, 0.1) is 25.4 Å². The molecule has 4 aliphatic rings. The van der Waals surface area contributed by atoms with Crippen molar-refractivity contribution < 1.29 is 19.0 Å². The molecule has 3 heterocycles. The maximum atomic E-state index is 12.1. The summed E-state index contributed by atoms with van der Waals surface area (Å²) in [5, 5.41) is 2.83. The SMILES string of the molecule is O=C1NCCCOC2CCC3NNC(c4cc(cc(N5CCOCC5)c4)CO1)C3C2. The minimum Gasteiger partial charge on any atom is -0.445 e. The standard InChI is InChI=1S/C22H32N4O4/c27-22-23-4-1-7-29-18-2-3-20-19(13-18)21(25-24-20)16-10-15(14-30-22)11-17(12-16)26-5-8-28-9-6-26/h10-12,18-21,24-25H,1-9,13-14H2,(H,23,27). The second-order valence-corrected chi connectivity index (χ2v) is 8.73. The number of cyclic esters (lactones) is 1. The summed E-state index contributed by atoms with van der Waals surface area (Å²) in [6.45, 7) is 4.75. The van der Waals surface area contributed by atoms with Gasteiger partial charge in [-0.1, -0.05) is 6.07 Å². The molecule has 0 radical (unpaired) electrons. The first-order valence-corrected chi connectivity index (χ1v) is 11.3. The number of alkyl carbamates (subject to hydrolysis) is 1. The van der Waals surface area contributed by atoms with E-state index < -0.39 is 0 Å². The second-order valence-electron chi connectivity index (χ2n) is 8.73. The molecule has 5 rings (SSSR count). The van der Waals surface area contributed by atoms with E-state index in [-0.39, 0.29) is 24.8 Å². The Labute approximate surface area is 177 Å². The number of amides is 1. The van der Waals surface area contributed by atoms with E-state index in [0.29, 0.717) is 25.1 Å². The fourth-order valence-electron chi connectivity index (χ4n) is 5.18. The Bertz CT molecular complexity index is 755. The van der Waals surface area contributed by atoms with Gasteiger partial charge >= 0.3 is 6.09 Å². The summed E-state index contributed by atoms with van der Waals surface area (Å²) in [4.78, 5) is 14.4. The molecule has 1 aliphatic carbocycles. The van der Waals surface area contributed by atoms with E-state index in [0.717, 1.165) is 57.6 Å². The molecular formula is C22H32N4O4. The van der Waals surface area contributed by atoms with E-state index in [9.17, 15) is 4.79 Å². The molecule has 4 atom stereocenters. The second kappa shape index (κ2) is 9.09. The van der Waals surface area contributed by atoms with Crippen LogP contribution in [0, 0.1) is 5.92 Å². The van der Waals surface area contributed by atoms with E-state index in [4.69, 9.17) is 14.2 Å². The monoisotopic (exact) mass is 416 g/mol. The Morgan fingerprint density at radius 1 is 1.03 bits per heavy atom. The van der Waals surface area contributed by atoms with Crippen LogP contribution in [0.5, 0.6) is 0 Å². The number of rotatable bonds is 1. The Hall–Kier alpha value is -1.87. The van der Waals surface area contributed by atoms with E-state index in [1.54, 1.807) is 0 Å². The van der Waals surface area contributed by atoms with Gasteiger partial charge in [0.2, 0.25) is 0 Å². The minimum atomic E-state index is -0.373. The van der Waals surface area contributed by atoms with Gasteiger partial charge in [-0.3, -0.25) is 5.43 Å². The molecular weight excluding hydrogens is 384 g/mol. The summed E-state index contributed by atoms with van der Waals surface area (Å²) in [6, 6.07) is 7.32. The normalized spacial score (nSPS) is 32.5. The van der Waals surface area contributed by atoms with Gasteiger partial charge in [0.15, 0.2) is 0 Å². The summed E-state index contributed by atoms with van der Waals surface area (Å²) in [7, 11) is 0. The van der Waals surface area contributed by atoms with E-state index in [1.165, 1.54) is 11.3 Å². The molecule has 30 heavy (non-hydrogen) atoms. The molecule has 1 saturated carbocycles. The molecule has 1 amide bonds. The van der Waals surface area contributed by atoms with Gasteiger partial charge in [-0.2, -0.15) is 0 Å². The Morgan fingerprint density at radius 3 is 2.83 bits per heavy atom. The summed E-state index contributed by atoms with van der Waals surface area (Å²) in [5.74, 6) is 0.488. The quantitative estimate of drug-likeness (QED) is 0.644. The maximum absolute atomic E-state index is 12.1. The number of nitrogens with one attached hydrogen (secondary N) is 3. The predicted octanol–water partition coefficient (Wildman–Crippen LogP) is 1.86. The smallest absolute Gasteiger partial charge is 0.407 e. The first-order valence-electron chi connectivity index (χ1n) is 11.3. The van der Waals surface area contributed by atoms with Gasteiger partial charge in [0.25, 0.3) is 0 Å². The molecule has 3 N–H and O–H groups in total. The Kier molecular flexibility index (Phi) is 6.08. The van der Waals surface area contributed by atoms with Gasteiger partial charge in [0, 0.05) is 38.0 Å². The zero-order valence-corrected chi connectivity index (χ0v) is 17.4. The molecule has 3 fully saturated rings. The predicted molar refractivity (Wildman–Crippen MR) is 112 cm³/mol. The van der Waals surface area contributed by atoms with Crippen molar-refractivity contribution in [3.63, 3.8) is 0 Å². The fraction of sp³-hybridized carbons (Fsp3) is 0.682. The van der Waals surface area contributed by atoms with Gasteiger partial charge in [0.1, 0.15) is 6.61 Å². The number of carbonyl (C=O) groups is 1. The molecule has 1 aromatic carbocycles. The van der Waals surface area contributed by atoms with Gasteiger partial charge in [-0.15, -0.1) is 0 Å². The highest BCUT2D eigenvalue weighted by Gasteiger charge is 2.41. The van der Waals surface area contributed by atoms with Crippen molar-refractivity contribution in [1.29, 1.82) is 0 Å². The van der Waals surface area contributed by atoms with Crippen LogP contribution in [-0.4, -0.2) is 57.7 Å². The minimum absolute atomic E-state index is 0.222. The molecule has 8 nitrogen and oxygen atoms in total. The van der Waals surface area contributed by atoms with Gasteiger partial charge in [-0.25, -0.2) is 10.2 Å². The van der Waals surface area contributed by atoms with Crippen LogP contribution in [-0.2, 0) is 20.8 Å². The van der Waals surface area contributed by atoms with Crippen LogP contribution in [0.25, 0.3) is 0 Å². The highest BCUT2D eigenvalue weighted by atomic mass is 16.5. The van der Waals surface area contributed by atoms with Crippen LogP contribution >= 0.6 is 0 Å². The van der Waals surface area contributed by atoms with E-state index in [2.05, 4.69) is 39.3 Å². The molecule has 4 unspecified atom stereocenters. The number of morpholine rings is 1. The lowest BCUT2D eigenvalue weighted by Gasteiger charge is -2.34. The van der Waals surface area contributed by atoms with Crippen molar-refractivity contribution in [2.45, 2.75) is 50.5 Å². The number of anilines is 1.